The van der Waals surface area contributed by atoms with E-state index in [1.807, 2.05) is 30.3 Å². The summed E-state index contributed by atoms with van der Waals surface area (Å²) in [7, 11) is 3.02. The van der Waals surface area contributed by atoms with Crippen LogP contribution in [0.15, 0.2) is 35.4 Å². The predicted octanol–water partition coefficient (Wildman–Crippen LogP) is 1.58. The van der Waals surface area contributed by atoms with Gasteiger partial charge in [0.25, 0.3) is 0 Å². The van der Waals surface area contributed by atoms with Crippen molar-refractivity contribution >= 4 is 5.91 Å². The van der Waals surface area contributed by atoms with E-state index in [1.165, 1.54) is 19.0 Å². The molecule has 29 heavy (non-hydrogen) atoms. The standard InChI is InChI=1S/C19H26N4O6/c1-19(2)28-16-15(26-10-11-8-6-5-7-9-11)14(27-18(16)29-19)13(24)12(21-22-20)17(25)23(3)4/h5-9,12-16,18,24H,10H2,1-4H3/t12-,13+,14+,15-,16+,18+/m0/s1. The molecule has 0 spiro atoms. The molecule has 2 aliphatic rings. The van der Waals surface area contributed by atoms with E-state index in [1.54, 1.807) is 13.8 Å². The Labute approximate surface area is 168 Å². The number of likely N-dealkylation sites (N-methyl/N-ethyl adjacent to an activating group) is 1. The Morgan fingerprint density at radius 3 is 2.66 bits per heavy atom. The fraction of sp³-hybridized carbons (Fsp3) is 0.632. The van der Waals surface area contributed by atoms with Crippen LogP contribution in [0.2, 0.25) is 0 Å². The van der Waals surface area contributed by atoms with Crippen molar-refractivity contribution in [3.8, 4) is 0 Å². The minimum absolute atomic E-state index is 0.249. The first-order valence-electron chi connectivity index (χ1n) is 9.33. The highest BCUT2D eigenvalue weighted by atomic mass is 16.8. The highest BCUT2D eigenvalue weighted by Gasteiger charge is 2.58. The molecule has 0 unspecified atom stereocenters. The molecule has 1 aromatic carbocycles. The maximum atomic E-state index is 12.4. The second kappa shape index (κ2) is 8.66. The summed E-state index contributed by atoms with van der Waals surface area (Å²) >= 11 is 0. The zero-order valence-corrected chi connectivity index (χ0v) is 16.8. The molecule has 2 heterocycles. The maximum absolute atomic E-state index is 12.4. The number of azide groups is 1. The van der Waals surface area contributed by atoms with Crippen LogP contribution in [0.25, 0.3) is 10.4 Å². The lowest BCUT2D eigenvalue weighted by molar-refractivity contribution is -0.231. The molecule has 0 saturated carbocycles. The van der Waals surface area contributed by atoms with Crippen molar-refractivity contribution in [2.45, 2.75) is 63.0 Å². The van der Waals surface area contributed by atoms with Crippen molar-refractivity contribution in [1.82, 2.24) is 4.90 Å². The quantitative estimate of drug-likeness (QED) is 0.416. The number of rotatable bonds is 7. The molecule has 1 N–H and O–H groups in total. The van der Waals surface area contributed by atoms with Gasteiger partial charge >= 0.3 is 0 Å². The Morgan fingerprint density at radius 1 is 1.34 bits per heavy atom. The van der Waals surface area contributed by atoms with Crippen molar-refractivity contribution in [1.29, 1.82) is 0 Å². The molecule has 0 radical (unpaired) electrons. The van der Waals surface area contributed by atoms with Gasteiger partial charge in [0, 0.05) is 19.0 Å². The molecule has 2 aliphatic heterocycles. The Bertz CT molecular complexity index is 767. The van der Waals surface area contributed by atoms with Gasteiger partial charge in [-0.15, -0.1) is 0 Å². The van der Waals surface area contributed by atoms with Crippen LogP contribution >= 0.6 is 0 Å². The van der Waals surface area contributed by atoms with E-state index in [0.29, 0.717) is 0 Å². The summed E-state index contributed by atoms with van der Waals surface area (Å²) in [6, 6.07) is 8.14. The SMILES string of the molecule is CN(C)C(=O)[C@@H](N=[N+]=[N-])[C@@H](O)[C@H]1O[C@@H]2OC(C)(C)O[C@@H]2[C@H]1OCc1ccccc1. The van der Waals surface area contributed by atoms with Crippen molar-refractivity contribution in [2.24, 2.45) is 5.11 Å². The molecule has 2 fully saturated rings. The molecule has 1 aromatic rings. The van der Waals surface area contributed by atoms with Gasteiger partial charge in [-0.25, -0.2) is 0 Å². The lowest BCUT2D eigenvalue weighted by Crippen LogP contribution is -2.51. The molecule has 10 nitrogen and oxygen atoms in total. The van der Waals surface area contributed by atoms with Gasteiger partial charge in [-0.3, -0.25) is 4.79 Å². The summed E-state index contributed by atoms with van der Waals surface area (Å²) in [6.07, 6.45) is -4.53. The Hall–Kier alpha value is -2.20. The molecule has 1 amide bonds. The van der Waals surface area contributed by atoms with Crippen LogP contribution in [-0.2, 0) is 30.3 Å². The number of fused-ring (bicyclic) bond motifs is 1. The van der Waals surface area contributed by atoms with Gasteiger partial charge in [-0.2, -0.15) is 0 Å². The van der Waals surface area contributed by atoms with Gasteiger partial charge in [0.05, 0.1) is 6.61 Å². The highest BCUT2D eigenvalue weighted by molar-refractivity contribution is 5.82. The first kappa shape index (κ1) is 21.5. The fourth-order valence-electron chi connectivity index (χ4n) is 3.50. The number of carbonyl (C=O) groups is 1. The largest absolute Gasteiger partial charge is 0.389 e. The first-order chi connectivity index (χ1) is 13.7. The third-order valence-corrected chi connectivity index (χ3v) is 4.84. The summed E-state index contributed by atoms with van der Waals surface area (Å²) in [4.78, 5) is 16.4. The van der Waals surface area contributed by atoms with Crippen molar-refractivity contribution in [3.63, 3.8) is 0 Å². The second-order valence-corrected chi connectivity index (χ2v) is 7.70. The van der Waals surface area contributed by atoms with Crippen LogP contribution in [0.5, 0.6) is 0 Å². The maximum Gasteiger partial charge on any atom is 0.233 e. The van der Waals surface area contributed by atoms with Gasteiger partial charge in [-0.05, 0) is 24.9 Å². The zero-order valence-electron chi connectivity index (χ0n) is 16.8. The van der Waals surface area contributed by atoms with Crippen molar-refractivity contribution in [3.05, 3.63) is 46.3 Å². The number of benzene rings is 1. The molecule has 0 bridgehead atoms. The van der Waals surface area contributed by atoms with Crippen LogP contribution in [0.1, 0.15) is 19.4 Å². The number of hydrogen-bond acceptors (Lipinski definition) is 7. The number of amides is 1. The van der Waals surface area contributed by atoms with Crippen LogP contribution < -0.4 is 0 Å². The summed E-state index contributed by atoms with van der Waals surface area (Å²) in [5.74, 6) is -1.41. The molecule has 0 aliphatic carbocycles. The van der Waals surface area contributed by atoms with Gasteiger partial charge in [0.2, 0.25) is 5.91 Å². The van der Waals surface area contributed by atoms with Crippen LogP contribution in [0.4, 0.5) is 0 Å². The minimum atomic E-state index is -1.44. The topological polar surface area (TPSA) is 126 Å². The normalized spacial score (nSPS) is 29.6. The van der Waals surface area contributed by atoms with E-state index >= 15 is 0 Å². The van der Waals surface area contributed by atoms with Gasteiger partial charge in [0.15, 0.2) is 12.1 Å². The van der Waals surface area contributed by atoms with E-state index in [0.717, 1.165) is 5.56 Å². The van der Waals surface area contributed by atoms with Crippen molar-refractivity contribution in [2.75, 3.05) is 14.1 Å². The Balaban J connectivity index is 1.82. The van der Waals surface area contributed by atoms with Gasteiger partial charge in [-0.1, -0.05) is 35.4 Å². The number of ether oxygens (including phenoxy) is 4. The molecule has 0 aromatic heterocycles. The molecular formula is C19H26N4O6. The smallest absolute Gasteiger partial charge is 0.233 e. The Morgan fingerprint density at radius 2 is 2.03 bits per heavy atom. The average Bonchev–Trinajstić information content (AvgIpc) is 3.15. The molecule has 6 atom stereocenters. The number of aliphatic hydroxyl groups excluding tert-OH is 1. The number of carbonyl (C=O) groups excluding carboxylic acids is 1. The average molecular weight is 406 g/mol. The van der Waals surface area contributed by atoms with E-state index < -0.39 is 48.4 Å². The number of nitrogens with zero attached hydrogens (tertiary/aromatic N) is 4. The molecule has 10 heteroatoms. The van der Waals surface area contributed by atoms with Gasteiger partial charge < -0.3 is 29.0 Å². The molecular weight excluding hydrogens is 380 g/mol. The number of hydrogen-bond donors (Lipinski definition) is 1. The lowest BCUT2D eigenvalue weighted by Gasteiger charge is -2.31. The molecule has 2 saturated heterocycles. The summed E-state index contributed by atoms with van der Waals surface area (Å²) < 4.78 is 23.6. The monoisotopic (exact) mass is 406 g/mol. The Kier molecular flexibility index (Phi) is 6.42. The molecule has 158 valence electrons. The van der Waals surface area contributed by atoms with Crippen molar-refractivity contribution < 1.29 is 28.8 Å². The van der Waals surface area contributed by atoms with E-state index in [2.05, 4.69) is 10.0 Å². The summed E-state index contributed by atoms with van der Waals surface area (Å²) in [5.41, 5.74) is 9.79. The third kappa shape index (κ3) is 4.69. The predicted molar refractivity (Wildman–Crippen MR) is 101 cm³/mol. The van der Waals surface area contributed by atoms with Crippen LogP contribution in [0, 0.1) is 0 Å². The van der Waals surface area contributed by atoms with Crippen LogP contribution in [-0.4, -0.2) is 72.5 Å². The fourth-order valence-corrected chi connectivity index (χ4v) is 3.50. The summed E-state index contributed by atoms with van der Waals surface area (Å²) in [5, 5.41) is 14.4. The first-order valence-corrected chi connectivity index (χ1v) is 9.33. The highest BCUT2D eigenvalue weighted by Crippen LogP contribution is 2.40. The third-order valence-electron chi connectivity index (χ3n) is 4.84. The summed E-state index contributed by atoms with van der Waals surface area (Å²) in [6.45, 7) is 3.76. The van der Waals surface area contributed by atoms with E-state index in [9.17, 15) is 9.90 Å². The lowest BCUT2D eigenvalue weighted by atomic mass is 9.99. The van der Waals surface area contributed by atoms with E-state index in [-0.39, 0.29) is 6.61 Å². The van der Waals surface area contributed by atoms with Crippen LogP contribution in [0.3, 0.4) is 0 Å². The zero-order chi connectivity index (χ0) is 21.2. The minimum Gasteiger partial charge on any atom is -0.389 e. The second-order valence-electron chi connectivity index (χ2n) is 7.70. The number of aliphatic hydroxyl groups is 1. The van der Waals surface area contributed by atoms with E-state index in [4.69, 9.17) is 24.5 Å². The van der Waals surface area contributed by atoms with Gasteiger partial charge in [0.1, 0.15) is 30.5 Å². The molecule has 3 rings (SSSR count).